The Morgan fingerprint density at radius 1 is 1.28 bits per heavy atom. The highest BCUT2D eigenvalue weighted by Crippen LogP contribution is 2.12. The van der Waals surface area contributed by atoms with E-state index in [2.05, 4.69) is 31.4 Å². The van der Waals surface area contributed by atoms with Crippen molar-refractivity contribution in [2.45, 2.75) is 33.0 Å². The molecule has 0 spiro atoms. The van der Waals surface area contributed by atoms with Crippen LogP contribution in [0.15, 0.2) is 36.0 Å². The standard InChI is InChI=1S/C15H22O2Si/c1-5-17-15(16)14-11-7-6-9-13(14)10-8-12-18(2,3)4/h6-9,11-12H,5,10H2,1-4H3/b12-8+. The molecule has 2 nitrogen and oxygen atoms in total. The molecule has 0 radical (unpaired) electrons. The van der Waals surface area contributed by atoms with Gasteiger partial charge in [0.25, 0.3) is 0 Å². The number of carbonyl (C=O) groups excluding carboxylic acids is 1. The predicted octanol–water partition coefficient (Wildman–Crippen LogP) is 3.84. The van der Waals surface area contributed by atoms with Gasteiger partial charge < -0.3 is 4.74 Å². The molecule has 98 valence electrons. The van der Waals surface area contributed by atoms with E-state index in [9.17, 15) is 4.79 Å². The number of rotatable bonds is 5. The highest BCUT2D eigenvalue weighted by molar-refractivity contribution is 6.80. The van der Waals surface area contributed by atoms with Crippen LogP contribution in [-0.2, 0) is 11.2 Å². The summed E-state index contributed by atoms with van der Waals surface area (Å²) in [7, 11) is -1.17. The third kappa shape index (κ3) is 4.88. The normalized spacial score (nSPS) is 11.8. The molecule has 0 amide bonds. The van der Waals surface area contributed by atoms with Gasteiger partial charge in [-0.1, -0.05) is 49.6 Å². The van der Waals surface area contributed by atoms with Crippen LogP contribution in [0.5, 0.6) is 0 Å². The van der Waals surface area contributed by atoms with E-state index in [-0.39, 0.29) is 5.97 Å². The SMILES string of the molecule is CCOC(=O)c1ccccc1C/C=C/[Si](C)(C)C. The van der Waals surface area contributed by atoms with Crippen LogP contribution in [0.2, 0.25) is 19.6 Å². The van der Waals surface area contributed by atoms with Crippen molar-refractivity contribution in [1.29, 1.82) is 0 Å². The van der Waals surface area contributed by atoms with Crippen molar-refractivity contribution in [2.75, 3.05) is 6.61 Å². The molecule has 0 aliphatic heterocycles. The monoisotopic (exact) mass is 262 g/mol. The molecule has 0 aliphatic rings. The summed E-state index contributed by atoms with van der Waals surface area (Å²) >= 11 is 0. The van der Waals surface area contributed by atoms with E-state index < -0.39 is 8.07 Å². The molecule has 0 unspecified atom stereocenters. The van der Waals surface area contributed by atoms with E-state index in [1.807, 2.05) is 31.2 Å². The highest BCUT2D eigenvalue weighted by atomic mass is 28.3. The van der Waals surface area contributed by atoms with E-state index in [0.717, 1.165) is 12.0 Å². The maximum absolute atomic E-state index is 11.8. The smallest absolute Gasteiger partial charge is 0.338 e. The molecule has 3 heteroatoms. The van der Waals surface area contributed by atoms with Crippen molar-refractivity contribution < 1.29 is 9.53 Å². The maximum Gasteiger partial charge on any atom is 0.338 e. The van der Waals surface area contributed by atoms with Crippen LogP contribution in [-0.4, -0.2) is 20.7 Å². The second-order valence-electron chi connectivity index (χ2n) is 5.35. The zero-order chi connectivity index (χ0) is 13.6. The Labute approximate surface area is 111 Å². The fourth-order valence-corrected chi connectivity index (χ4v) is 2.47. The van der Waals surface area contributed by atoms with Crippen LogP contribution in [0.3, 0.4) is 0 Å². The van der Waals surface area contributed by atoms with Gasteiger partial charge in [-0.15, -0.1) is 0 Å². The molecular weight excluding hydrogens is 240 g/mol. The van der Waals surface area contributed by atoms with Crippen LogP contribution in [0, 0.1) is 0 Å². The van der Waals surface area contributed by atoms with E-state index in [1.165, 1.54) is 0 Å². The molecule has 0 aliphatic carbocycles. The number of allylic oxidation sites excluding steroid dienone is 1. The Bertz CT molecular complexity index is 430. The molecule has 0 N–H and O–H groups in total. The van der Waals surface area contributed by atoms with Gasteiger partial charge in [0, 0.05) is 0 Å². The number of hydrogen-bond acceptors (Lipinski definition) is 2. The lowest BCUT2D eigenvalue weighted by Crippen LogP contribution is -2.15. The summed E-state index contributed by atoms with van der Waals surface area (Å²) in [6.07, 6.45) is 2.96. The van der Waals surface area contributed by atoms with Gasteiger partial charge in [0.1, 0.15) is 0 Å². The first-order valence-electron chi connectivity index (χ1n) is 6.37. The summed E-state index contributed by atoms with van der Waals surface area (Å²) in [5.74, 6) is -0.227. The molecular formula is C15H22O2Si. The van der Waals surface area contributed by atoms with Gasteiger partial charge in [0.15, 0.2) is 0 Å². The molecule has 0 saturated heterocycles. The van der Waals surface area contributed by atoms with E-state index >= 15 is 0 Å². The molecule has 0 bridgehead atoms. The number of carbonyl (C=O) groups is 1. The lowest BCUT2D eigenvalue weighted by molar-refractivity contribution is 0.0525. The second kappa shape index (κ2) is 6.54. The third-order valence-electron chi connectivity index (χ3n) is 2.47. The summed E-state index contributed by atoms with van der Waals surface area (Å²) in [5.41, 5.74) is 4.01. The largest absolute Gasteiger partial charge is 0.462 e. The minimum absolute atomic E-state index is 0.227. The average molecular weight is 262 g/mol. The first-order chi connectivity index (χ1) is 8.44. The van der Waals surface area contributed by atoms with Gasteiger partial charge in [-0.3, -0.25) is 0 Å². The van der Waals surface area contributed by atoms with Crippen LogP contribution >= 0.6 is 0 Å². The summed E-state index contributed by atoms with van der Waals surface area (Å²) in [6, 6.07) is 7.65. The molecule has 0 atom stereocenters. The third-order valence-corrected chi connectivity index (χ3v) is 3.70. The topological polar surface area (TPSA) is 26.3 Å². The van der Waals surface area contributed by atoms with Gasteiger partial charge in [-0.2, -0.15) is 0 Å². The second-order valence-corrected chi connectivity index (χ2v) is 10.4. The van der Waals surface area contributed by atoms with E-state index in [0.29, 0.717) is 12.2 Å². The van der Waals surface area contributed by atoms with Crippen molar-refractivity contribution in [3.8, 4) is 0 Å². The zero-order valence-corrected chi connectivity index (χ0v) is 12.7. The van der Waals surface area contributed by atoms with Crippen LogP contribution in [0.4, 0.5) is 0 Å². The first-order valence-corrected chi connectivity index (χ1v) is 9.94. The minimum atomic E-state index is -1.17. The van der Waals surface area contributed by atoms with Crippen LogP contribution < -0.4 is 0 Å². The highest BCUT2D eigenvalue weighted by Gasteiger charge is 2.11. The molecule has 1 aromatic rings. The minimum Gasteiger partial charge on any atom is -0.462 e. The summed E-state index contributed by atoms with van der Waals surface area (Å²) < 4.78 is 5.06. The van der Waals surface area contributed by atoms with Crippen molar-refractivity contribution >= 4 is 14.0 Å². The molecule has 1 rings (SSSR count). The van der Waals surface area contributed by atoms with Gasteiger partial charge in [0.2, 0.25) is 0 Å². The molecule has 0 saturated carbocycles. The van der Waals surface area contributed by atoms with Crippen LogP contribution in [0.25, 0.3) is 0 Å². The number of ether oxygens (including phenoxy) is 1. The molecule has 0 fully saturated rings. The number of benzene rings is 1. The van der Waals surface area contributed by atoms with Crippen molar-refractivity contribution in [2.24, 2.45) is 0 Å². The molecule has 18 heavy (non-hydrogen) atoms. The fourth-order valence-electron chi connectivity index (χ4n) is 1.65. The number of hydrogen-bond donors (Lipinski definition) is 0. The molecule has 1 aromatic carbocycles. The summed E-state index contributed by atoms with van der Waals surface area (Å²) in [6.45, 7) is 9.12. The van der Waals surface area contributed by atoms with Crippen LogP contribution in [0.1, 0.15) is 22.8 Å². The Kier molecular flexibility index (Phi) is 5.35. The van der Waals surface area contributed by atoms with Gasteiger partial charge >= 0.3 is 5.97 Å². The Morgan fingerprint density at radius 3 is 2.56 bits per heavy atom. The maximum atomic E-state index is 11.8. The van der Waals surface area contributed by atoms with E-state index in [4.69, 9.17) is 4.74 Å². The van der Waals surface area contributed by atoms with Crippen molar-refractivity contribution in [3.05, 3.63) is 47.2 Å². The Morgan fingerprint density at radius 2 is 1.94 bits per heavy atom. The average Bonchev–Trinajstić information content (AvgIpc) is 2.28. The lowest BCUT2D eigenvalue weighted by Gasteiger charge is -2.09. The first kappa shape index (κ1) is 14.7. The number of esters is 1. The Balaban J connectivity index is 2.83. The fraction of sp³-hybridized carbons (Fsp3) is 0.400. The van der Waals surface area contributed by atoms with Crippen molar-refractivity contribution in [1.82, 2.24) is 0 Å². The predicted molar refractivity (Wildman–Crippen MR) is 78.6 cm³/mol. The summed E-state index contributed by atoms with van der Waals surface area (Å²) in [5, 5.41) is 0. The van der Waals surface area contributed by atoms with E-state index in [1.54, 1.807) is 0 Å². The summed E-state index contributed by atoms with van der Waals surface area (Å²) in [4.78, 5) is 11.8. The van der Waals surface area contributed by atoms with Gasteiger partial charge in [0.05, 0.1) is 20.2 Å². The quantitative estimate of drug-likeness (QED) is 0.595. The Hall–Kier alpha value is -1.35. The van der Waals surface area contributed by atoms with Gasteiger partial charge in [-0.05, 0) is 25.0 Å². The van der Waals surface area contributed by atoms with Gasteiger partial charge in [-0.25, -0.2) is 4.79 Å². The lowest BCUT2D eigenvalue weighted by atomic mass is 10.0. The zero-order valence-electron chi connectivity index (χ0n) is 11.7. The molecule has 0 heterocycles. The molecule has 0 aromatic heterocycles. The van der Waals surface area contributed by atoms with Crippen molar-refractivity contribution in [3.63, 3.8) is 0 Å².